The van der Waals surface area contributed by atoms with Crippen molar-refractivity contribution in [3.8, 4) is 0 Å². The van der Waals surface area contributed by atoms with Crippen molar-refractivity contribution in [2.45, 2.75) is 12.5 Å². The van der Waals surface area contributed by atoms with E-state index in [0.717, 1.165) is 10.9 Å². The number of amides is 1. The number of hydrogen-bond donors (Lipinski definition) is 2. The van der Waals surface area contributed by atoms with Crippen molar-refractivity contribution in [1.29, 1.82) is 0 Å². The van der Waals surface area contributed by atoms with E-state index in [2.05, 4.69) is 10.3 Å². The van der Waals surface area contributed by atoms with Crippen LogP contribution in [0, 0.1) is 0 Å². The van der Waals surface area contributed by atoms with Gasteiger partial charge in [0.2, 0.25) is 5.91 Å². The summed E-state index contributed by atoms with van der Waals surface area (Å²) in [4.78, 5) is 29.3. The van der Waals surface area contributed by atoms with Gasteiger partial charge >= 0.3 is 0 Å². The zero-order chi connectivity index (χ0) is 17.3. The van der Waals surface area contributed by atoms with Gasteiger partial charge in [-0.3, -0.25) is 14.5 Å². The lowest BCUT2D eigenvalue weighted by Crippen LogP contribution is -2.48. The number of rotatable bonds is 4. The lowest BCUT2D eigenvalue weighted by atomic mass is 9.92. The number of carbonyl (C=O) groups is 1. The first-order chi connectivity index (χ1) is 11.4. The smallest absolute Gasteiger partial charge is 0.255 e. The first-order valence-corrected chi connectivity index (χ1v) is 8.50. The van der Waals surface area contributed by atoms with Crippen molar-refractivity contribution < 1.29 is 4.79 Å². The summed E-state index contributed by atoms with van der Waals surface area (Å²) >= 11 is 1.57. The van der Waals surface area contributed by atoms with E-state index in [4.69, 9.17) is 0 Å². The average Bonchev–Trinajstić information content (AvgIpc) is 3.08. The molecule has 3 rings (SSSR count). The zero-order valence-electron chi connectivity index (χ0n) is 13.8. The van der Waals surface area contributed by atoms with Gasteiger partial charge in [0.1, 0.15) is 5.54 Å². The third kappa shape index (κ3) is 2.74. The van der Waals surface area contributed by atoms with Gasteiger partial charge in [-0.15, -0.1) is 0 Å². The summed E-state index contributed by atoms with van der Waals surface area (Å²) in [6, 6.07) is 9.06. The summed E-state index contributed by atoms with van der Waals surface area (Å²) in [5.74, 6) is -0.116. The normalized spacial score (nSPS) is 13.8. The standard InChI is InChI=1S/C18H19N3O2S/c1-18(21(2)3,13-7-9-24-11-13)17(23)20-14-4-5-15-12(10-14)6-8-19-16(15)22/h4-11H,1-3H3,(H,19,22)(H,20,23)/t18-/m1/s1. The highest BCUT2D eigenvalue weighted by Gasteiger charge is 2.38. The van der Waals surface area contributed by atoms with Gasteiger partial charge in [0.15, 0.2) is 0 Å². The van der Waals surface area contributed by atoms with Crippen molar-refractivity contribution in [3.05, 3.63) is 63.2 Å². The summed E-state index contributed by atoms with van der Waals surface area (Å²) in [6.07, 6.45) is 1.60. The lowest BCUT2D eigenvalue weighted by molar-refractivity contribution is -0.126. The number of fused-ring (bicyclic) bond motifs is 1. The Bertz CT molecular complexity index is 931. The fourth-order valence-electron chi connectivity index (χ4n) is 2.66. The molecule has 124 valence electrons. The lowest BCUT2D eigenvalue weighted by Gasteiger charge is -2.34. The molecule has 3 aromatic rings. The maximum Gasteiger partial charge on any atom is 0.255 e. The Labute approximate surface area is 143 Å². The highest BCUT2D eigenvalue weighted by atomic mass is 32.1. The van der Waals surface area contributed by atoms with E-state index in [1.54, 1.807) is 29.7 Å². The summed E-state index contributed by atoms with van der Waals surface area (Å²) in [5, 5.41) is 8.32. The molecule has 0 fully saturated rings. The molecular formula is C18H19N3O2S. The molecule has 0 bridgehead atoms. The number of pyridine rings is 1. The van der Waals surface area contributed by atoms with Gasteiger partial charge in [-0.05, 0) is 73.1 Å². The van der Waals surface area contributed by atoms with Crippen LogP contribution in [0.1, 0.15) is 12.5 Å². The van der Waals surface area contributed by atoms with E-state index in [1.165, 1.54) is 0 Å². The Morgan fingerprint density at radius 3 is 2.71 bits per heavy atom. The first-order valence-electron chi connectivity index (χ1n) is 7.56. The third-order valence-corrected chi connectivity index (χ3v) is 5.13. The van der Waals surface area contributed by atoms with Gasteiger partial charge in [0.25, 0.3) is 5.56 Å². The van der Waals surface area contributed by atoms with E-state index in [0.29, 0.717) is 11.1 Å². The molecule has 0 aliphatic carbocycles. The number of thiophene rings is 1. The first kappa shape index (κ1) is 16.4. The van der Waals surface area contributed by atoms with E-state index in [9.17, 15) is 9.59 Å². The molecule has 0 saturated heterocycles. The Kier molecular flexibility index (Phi) is 4.26. The number of carbonyl (C=O) groups excluding carboxylic acids is 1. The fraction of sp³-hybridized carbons (Fsp3) is 0.222. The second-order valence-electron chi connectivity index (χ2n) is 6.04. The van der Waals surface area contributed by atoms with Crippen LogP contribution in [0.4, 0.5) is 5.69 Å². The number of nitrogens with zero attached hydrogens (tertiary/aromatic N) is 1. The summed E-state index contributed by atoms with van der Waals surface area (Å²) in [7, 11) is 3.77. The van der Waals surface area contributed by atoms with Gasteiger partial charge < -0.3 is 10.3 Å². The molecule has 1 atom stereocenters. The van der Waals surface area contributed by atoms with Gasteiger partial charge in [-0.2, -0.15) is 11.3 Å². The van der Waals surface area contributed by atoms with E-state index in [1.807, 2.05) is 54.9 Å². The minimum Gasteiger partial charge on any atom is -0.329 e. The third-order valence-electron chi connectivity index (χ3n) is 4.45. The molecule has 2 N–H and O–H groups in total. The molecule has 0 radical (unpaired) electrons. The zero-order valence-corrected chi connectivity index (χ0v) is 14.6. The molecule has 6 heteroatoms. The molecule has 0 saturated carbocycles. The maximum atomic E-state index is 13.0. The van der Waals surface area contributed by atoms with Crippen molar-refractivity contribution >= 4 is 33.7 Å². The Balaban J connectivity index is 1.95. The quantitative estimate of drug-likeness (QED) is 0.767. The molecule has 2 aromatic heterocycles. The van der Waals surface area contributed by atoms with Crippen LogP contribution in [0.15, 0.2) is 52.1 Å². The van der Waals surface area contributed by atoms with Gasteiger partial charge in [0, 0.05) is 17.3 Å². The van der Waals surface area contributed by atoms with Gasteiger partial charge in [-0.25, -0.2) is 0 Å². The van der Waals surface area contributed by atoms with Gasteiger partial charge in [0.05, 0.1) is 0 Å². The molecule has 0 aliphatic heterocycles. The predicted molar refractivity (Wildman–Crippen MR) is 98.6 cm³/mol. The Hall–Kier alpha value is -2.44. The SMILES string of the molecule is CN(C)[C@@](C)(C(=O)Nc1ccc2c(=O)[nH]ccc2c1)c1ccsc1. The topological polar surface area (TPSA) is 65.2 Å². The maximum absolute atomic E-state index is 13.0. The van der Waals surface area contributed by atoms with Gasteiger partial charge in [-0.1, -0.05) is 0 Å². The molecular weight excluding hydrogens is 322 g/mol. The molecule has 2 heterocycles. The largest absolute Gasteiger partial charge is 0.329 e. The van der Waals surface area contributed by atoms with Crippen LogP contribution in [0.5, 0.6) is 0 Å². The van der Waals surface area contributed by atoms with Crippen LogP contribution in [0.3, 0.4) is 0 Å². The Morgan fingerprint density at radius 1 is 1.25 bits per heavy atom. The minimum atomic E-state index is -0.775. The van der Waals surface area contributed by atoms with Crippen LogP contribution in [-0.4, -0.2) is 29.9 Å². The molecule has 24 heavy (non-hydrogen) atoms. The molecule has 5 nitrogen and oxygen atoms in total. The summed E-state index contributed by atoms with van der Waals surface area (Å²) in [5.41, 5.74) is 0.707. The molecule has 0 spiro atoms. The number of hydrogen-bond acceptors (Lipinski definition) is 4. The predicted octanol–water partition coefficient (Wildman–Crippen LogP) is 3.01. The number of benzene rings is 1. The number of nitrogens with one attached hydrogen (secondary N) is 2. The molecule has 1 amide bonds. The number of likely N-dealkylation sites (N-methyl/N-ethyl adjacent to an activating group) is 1. The van der Waals surface area contributed by atoms with Crippen molar-refractivity contribution in [2.75, 3.05) is 19.4 Å². The summed E-state index contributed by atoms with van der Waals surface area (Å²) in [6.45, 7) is 1.90. The second kappa shape index (κ2) is 6.22. The van der Waals surface area contributed by atoms with E-state index >= 15 is 0 Å². The average molecular weight is 341 g/mol. The summed E-state index contributed by atoms with van der Waals surface area (Å²) < 4.78 is 0. The van der Waals surface area contributed by atoms with E-state index < -0.39 is 5.54 Å². The number of aromatic amines is 1. The van der Waals surface area contributed by atoms with Crippen LogP contribution in [0.25, 0.3) is 10.8 Å². The second-order valence-corrected chi connectivity index (χ2v) is 6.82. The Morgan fingerprint density at radius 2 is 2.04 bits per heavy atom. The van der Waals surface area contributed by atoms with Crippen molar-refractivity contribution in [2.24, 2.45) is 0 Å². The van der Waals surface area contributed by atoms with Crippen LogP contribution in [0.2, 0.25) is 0 Å². The highest BCUT2D eigenvalue weighted by Crippen LogP contribution is 2.30. The number of aromatic nitrogens is 1. The minimum absolute atomic E-state index is 0.116. The molecule has 0 aliphatic rings. The van der Waals surface area contributed by atoms with E-state index in [-0.39, 0.29) is 11.5 Å². The number of anilines is 1. The molecule has 0 unspecified atom stereocenters. The van der Waals surface area contributed by atoms with Crippen molar-refractivity contribution in [1.82, 2.24) is 9.88 Å². The molecule has 1 aromatic carbocycles. The number of H-pyrrole nitrogens is 1. The van der Waals surface area contributed by atoms with Crippen LogP contribution >= 0.6 is 11.3 Å². The highest BCUT2D eigenvalue weighted by molar-refractivity contribution is 7.08. The van der Waals surface area contributed by atoms with Crippen molar-refractivity contribution in [3.63, 3.8) is 0 Å². The van der Waals surface area contributed by atoms with Crippen LogP contribution in [-0.2, 0) is 10.3 Å². The van der Waals surface area contributed by atoms with Crippen LogP contribution < -0.4 is 10.9 Å². The fourth-order valence-corrected chi connectivity index (χ4v) is 3.42. The monoisotopic (exact) mass is 341 g/mol.